The third kappa shape index (κ3) is 4.28. The first-order valence-corrected chi connectivity index (χ1v) is 5.51. The summed E-state index contributed by atoms with van der Waals surface area (Å²) in [5, 5.41) is 1.91. The standard InChI is InChI=1S/C10H17F3N2O/c1-8-5-3-2-4-6-15(8)9(16)14-7-10(11,12)13/h8H,2-7H2,1H3,(H,14,16). The van der Waals surface area contributed by atoms with Gasteiger partial charge in [0.2, 0.25) is 0 Å². The largest absolute Gasteiger partial charge is 0.405 e. The number of hydrogen-bond acceptors (Lipinski definition) is 1. The zero-order chi connectivity index (χ0) is 12.2. The van der Waals surface area contributed by atoms with Gasteiger partial charge in [0.25, 0.3) is 0 Å². The van der Waals surface area contributed by atoms with Crippen LogP contribution in [0.25, 0.3) is 0 Å². The van der Waals surface area contributed by atoms with Crippen LogP contribution in [-0.4, -0.2) is 36.2 Å². The molecule has 3 nitrogen and oxygen atoms in total. The van der Waals surface area contributed by atoms with Gasteiger partial charge < -0.3 is 10.2 Å². The summed E-state index contributed by atoms with van der Waals surface area (Å²) in [7, 11) is 0. The molecule has 0 aromatic rings. The SMILES string of the molecule is CC1CCCCCN1C(=O)NCC(F)(F)F. The lowest BCUT2D eigenvalue weighted by molar-refractivity contribution is -0.123. The molecule has 0 spiro atoms. The van der Waals surface area contributed by atoms with Crippen molar-refractivity contribution in [2.75, 3.05) is 13.1 Å². The van der Waals surface area contributed by atoms with Crippen LogP contribution in [0.4, 0.5) is 18.0 Å². The van der Waals surface area contributed by atoms with E-state index in [1.165, 1.54) is 4.90 Å². The average molecular weight is 238 g/mol. The minimum Gasteiger partial charge on any atom is -0.329 e. The van der Waals surface area contributed by atoms with Crippen LogP contribution < -0.4 is 5.32 Å². The van der Waals surface area contributed by atoms with Crippen LogP contribution in [0.1, 0.15) is 32.6 Å². The third-order valence-corrected chi connectivity index (χ3v) is 2.75. The molecule has 1 heterocycles. The van der Waals surface area contributed by atoms with Crippen molar-refractivity contribution < 1.29 is 18.0 Å². The van der Waals surface area contributed by atoms with Crippen LogP contribution in [0.15, 0.2) is 0 Å². The van der Waals surface area contributed by atoms with Crippen LogP contribution in [0.2, 0.25) is 0 Å². The van der Waals surface area contributed by atoms with E-state index in [0.29, 0.717) is 6.54 Å². The van der Waals surface area contributed by atoms with Gasteiger partial charge in [-0.15, -0.1) is 0 Å². The fraction of sp³-hybridized carbons (Fsp3) is 0.900. The average Bonchev–Trinajstić information content (AvgIpc) is 2.38. The molecular weight excluding hydrogens is 221 g/mol. The zero-order valence-corrected chi connectivity index (χ0v) is 9.31. The van der Waals surface area contributed by atoms with Gasteiger partial charge in [-0.3, -0.25) is 0 Å². The first-order chi connectivity index (χ1) is 7.40. The molecule has 1 aliphatic heterocycles. The van der Waals surface area contributed by atoms with Crippen molar-refractivity contribution in [1.82, 2.24) is 10.2 Å². The maximum atomic E-state index is 11.9. The fourth-order valence-electron chi connectivity index (χ4n) is 1.85. The molecule has 0 radical (unpaired) electrons. The number of likely N-dealkylation sites (tertiary alicyclic amines) is 1. The maximum absolute atomic E-state index is 11.9. The third-order valence-electron chi connectivity index (χ3n) is 2.75. The van der Waals surface area contributed by atoms with Gasteiger partial charge in [-0.25, -0.2) is 4.79 Å². The molecule has 0 aromatic carbocycles. The zero-order valence-electron chi connectivity index (χ0n) is 9.31. The number of hydrogen-bond donors (Lipinski definition) is 1. The van der Waals surface area contributed by atoms with Crippen LogP contribution in [0.3, 0.4) is 0 Å². The Morgan fingerprint density at radius 3 is 2.69 bits per heavy atom. The van der Waals surface area contributed by atoms with Crippen molar-refractivity contribution in [2.45, 2.75) is 44.8 Å². The fourth-order valence-corrected chi connectivity index (χ4v) is 1.85. The lowest BCUT2D eigenvalue weighted by Gasteiger charge is -2.27. The molecule has 1 saturated heterocycles. The molecule has 6 heteroatoms. The Hall–Kier alpha value is -0.940. The van der Waals surface area contributed by atoms with Crippen molar-refractivity contribution >= 4 is 6.03 Å². The Balaban J connectivity index is 2.45. The highest BCUT2D eigenvalue weighted by atomic mass is 19.4. The smallest absolute Gasteiger partial charge is 0.329 e. The topological polar surface area (TPSA) is 32.3 Å². The second kappa shape index (κ2) is 5.41. The Morgan fingerprint density at radius 2 is 2.06 bits per heavy atom. The molecule has 2 amide bonds. The molecular formula is C10H17F3N2O. The van der Waals surface area contributed by atoms with Gasteiger partial charge in [0.05, 0.1) is 0 Å². The molecule has 0 bridgehead atoms. The Kier molecular flexibility index (Phi) is 4.44. The lowest BCUT2D eigenvalue weighted by Crippen LogP contribution is -2.47. The summed E-state index contributed by atoms with van der Waals surface area (Å²) in [4.78, 5) is 13.0. The molecule has 1 atom stereocenters. The molecule has 1 rings (SSSR count). The summed E-state index contributed by atoms with van der Waals surface area (Å²) >= 11 is 0. The summed E-state index contributed by atoms with van der Waals surface area (Å²) in [6.45, 7) is 1.17. The normalized spacial score (nSPS) is 22.8. The van der Waals surface area contributed by atoms with Crippen LogP contribution in [0, 0.1) is 0 Å². The van der Waals surface area contributed by atoms with Gasteiger partial charge in [-0.1, -0.05) is 12.8 Å². The minimum absolute atomic E-state index is 0.0238. The lowest BCUT2D eigenvalue weighted by atomic mass is 10.1. The van der Waals surface area contributed by atoms with Gasteiger partial charge in [-0.2, -0.15) is 13.2 Å². The monoisotopic (exact) mass is 238 g/mol. The summed E-state index contributed by atoms with van der Waals surface area (Å²) in [5.41, 5.74) is 0. The van der Waals surface area contributed by atoms with E-state index in [-0.39, 0.29) is 6.04 Å². The van der Waals surface area contributed by atoms with E-state index in [0.717, 1.165) is 25.7 Å². The molecule has 0 aliphatic carbocycles. The van der Waals surface area contributed by atoms with Gasteiger partial charge in [0.1, 0.15) is 6.54 Å². The van der Waals surface area contributed by atoms with Gasteiger partial charge >= 0.3 is 12.2 Å². The van der Waals surface area contributed by atoms with Crippen molar-refractivity contribution in [2.24, 2.45) is 0 Å². The second-order valence-electron chi connectivity index (χ2n) is 4.17. The highest BCUT2D eigenvalue weighted by molar-refractivity contribution is 5.74. The van der Waals surface area contributed by atoms with Gasteiger partial charge in [0, 0.05) is 12.6 Å². The molecule has 1 N–H and O–H groups in total. The van der Waals surface area contributed by atoms with Crippen LogP contribution in [-0.2, 0) is 0 Å². The predicted molar refractivity (Wildman–Crippen MR) is 54.1 cm³/mol. The van der Waals surface area contributed by atoms with Crippen molar-refractivity contribution in [3.63, 3.8) is 0 Å². The quantitative estimate of drug-likeness (QED) is 0.748. The van der Waals surface area contributed by atoms with E-state index in [9.17, 15) is 18.0 Å². The molecule has 16 heavy (non-hydrogen) atoms. The van der Waals surface area contributed by atoms with Gasteiger partial charge in [-0.05, 0) is 19.8 Å². The second-order valence-corrected chi connectivity index (χ2v) is 4.17. The minimum atomic E-state index is -4.34. The van der Waals surface area contributed by atoms with Crippen LogP contribution >= 0.6 is 0 Å². The first-order valence-electron chi connectivity index (χ1n) is 5.51. The molecule has 94 valence electrons. The number of nitrogens with one attached hydrogen (secondary N) is 1. The van der Waals surface area contributed by atoms with E-state index in [1.807, 2.05) is 12.2 Å². The van der Waals surface area contributed by atoms with Crippen molar-refractivity contribution in [1.29, 1.82) is 0 Å². The van der Waals surface area contributed by atoms with E-state index >= 15 is 0 Å². The Morgan fingerprint density at radius 1 is 1.38 bits per heavy atom. The molecule has 1 fully saturated rings. The molecule has 0 aromatic heterocycles. The van der Waals surface area contributed by atoms with Crippen LogP contribution in [0.5, 0.6) is 0 Å². The number of halogens is 3. The van der Waals surface area contributed by atoms with E-state index in [4.69, 9.17) is 0 Å². The van der Waals surface area contributed by atoms with Crippen molar-refractivity contribution in [3.8, 4) is 0 Å². The van der Waals surface area contributed by atoms with E-state index in [2.05, 4.69) is 0 Å². The van der Waals surface area contributed by atoms with Crippen molar-refractivity contribution in [3.05, 3.63) is 0 Å². The molecule has 0 saturated carbocycles. The summed E-state index contributed by atoms with van der Waals surface area (Å²) < 4.78 is 35.8. The summed E-state index contributed by atoms with van der Waals surface area (Å²) in [6.07, 6.45) is -0.550. The van der Waals surface area contributed by atoms with Gasteiger partial charge in [0.15, 0.2) is 0 Å². The number of carbonyl (C=O) groups excluding carboxylic acids is 1. The Labute approximate surface area is 93.0 Å². The maximum Gasteiger partial charge on any atom is 0.405 e. The highest BCUT2D eigenvalue weighted by Gasteiger charge is 2.30. The first kappa shape index (κ1) is 13.1. The van der Waals surface area contributed by atoms with E-state index in [1.54, 1.807) is 0 Å². The summed E-state index contributed by atoms with van der Waals surface area (Å²) in [6, 6.07) is -0.581. The highest BCUT2D eigenvalue weighted by Crippen LogP contribution is 2.17. The molecule has 1 aliphatic rings. The number of alkyl halides is 3. The number of rotatable bonds is 1. The van der Waals surface area contributed by atoms with E-state index < -0.39 is 18.8 Å². The summed E-state index contributed by atoms with van der Waals surface area (Å²) in [5.74, 6) is 0. The number of urea groups is 1. The number of nitrogens with zero attached hydrogens (tertiary/aromatic N) is 1. The Bertz CT molecular complexity index is 243. The number of amides is 2. The predicted octanol–water partition coefficient (Wildman–Crippen LogP) is 2.52. The molecule has 1 unspecified atom stereocenters. The number of carbonyl (C=O) groups is 1.